The maximum absolute atomic E-state index is 12.9. The number of rotatable bonds is 5. The van der Waals surface area contributed by atoms with E-state index in [1.807, 2.05) is 6.07 Å². The van der Waals surface area contributed by atoms with E-state index in [0.29, 0.717) is 16.9 Å². The summed E-state index contributed by atoms with van der Waals surface area (Å²) in [6, 6.07) is 15.4. The number of carboxylic acid groups (broad SMARTS) is 1. The van der Waals surface area contributed by atoms with E-state index in [4.69, 9.17) is 9.15 Å². The van der Waals surface area contributed by atoms with Gasteiger partial charge in [0.15, 0.2) is 5.78 Å². The molecule has 0 fully saturated rings. The Morgan fingerprint density at radius 1 is 1.00 bits per heavy atom. The molecule has 1 N–H and O–H groups in total. The van der Waals surface area contributed by atoms with Crippen molar-refractivity contribution < 1.29 is 23.8 Å². The van der Waals surface area contributed by atoms with Crippen molar-refractivity contribution in [3.63, 3.8) is 0 Å². The van der Waals surface area contributed by atoms with E-state index in [9.17, 15) is 14.7 Å². The molecule has 0 aliphatic rings. The van der Waals surface area contributed by atoms with Crippen molar-refractivity contribution in [2.24, 2.45) is 0 Å². The van der Waals surface area contributed by atoms with Gasteiger partial charge in [0.1, 0.15) is 23.3 Å². The second-order valence-corrected chi connectivity index (χ2v) is 5.08. The molecule has 0 spiro atoms. The molecular weight excluding hydrogens is 308 g/mol. The zero-order chi connectivity index (χ0) is 17.1. The van der Waals surface area contributed by atoms with Crippen LogP contribution in [0.25, 0.3) is 11.3 Å². The number of furan rings is 1. The van der Waals surface area contributed by atoms with Crippen molar-refractivity contribution in [2.75, 3.05) is 7.11 Å². The van der Waals surface area contributed by atoms with Crippen molar-refractivity contribution in [1.82, 2.24) is 0 Å². The highest BCUT2D eigenvalue weighted by Crippen LogP contribution is 2.30. The van der Waals surface area contributed by atoms with Crippen LogP contribution in [0.1, 0.15) is 26.3 Å². The molecule has 0 aliphatic heterocycles. The SMILES string of the molecule is COc1ccc(C(=O)c2c(C(=O)O)coc2-c2ccccc2)cc1. The standard InChI is InChI=1S/C19H14O5/c1-23-14-9-7-12(8-10-14)17(20)16-15(19(21)22)11-24-18(16)13-5-3-2-4-6-13/h2-11H,1H3,(H,21,22). The van der Waals surface area contributed by atoms with Crippen molar-refractivity contribution in [3.8, 4) is 17.1 Å². The molecule has 0 radical (unpaired) electrons. The van der Waals surface area contributed by atoms with Gasteiger partial charge in [-0.1, -0.05) is 30.3 Å². The molecule has 3 rings (SSSR count). The van der Waals surface area contributed by atoms with Gasteiger partial charge in [-0.25, -0.2) is 4.79 Å². The summed E-state index contributed by atoms with van der Waals surface area (Å²) in [5, 5.41) is 9.37. The predicted molar refractivity (Wildman–Crippen MR) is 87.5 cm³/mol. The molecule has 5 heteroatoms. The number of carbonyl (C=O) groups excluding carboxylic acids is 1. The van der Waals surface area contributed by atoms with Gasteiger partial charge in [-0.2, -0.15) is 0 Å². The molecule has 120 valence electrons. The Morgan fingerprint density at radius 3 is 2.25 bits per heavy atom. The summed E-state index contributed by atoms with van der Waals surface area (Å²) in [5.74, 6) is -0.769. The Bertz CT molecular complexity index is 876. The number of aromatic carboxylic acids is 1. The third-order valence-electron chi connectivity index (χ3n) is 3.64. The highest BCUT2D eigenvalue weighted by molar-refractivity contribution is 6.17. The summed E-state index contributed by atoms with van der Waals surface area (Å²) in [6.45, 7) is 0. The maximum atomic E-state index is 12.9. The number of ether oxygens (including phenoxy) is 1. The number of methoxy groups -OCH3 is 1. The first-order valence-corrected chi connectivity index (χ1v) is 7.20. The van der Waals surface area contributed by atoms with Gasteiger partial charge in [-0.15, -0.1) is 0 Å². The van der Waals surface area contributed by atoms with Crippen LogP contribution in [0.5, 0.6) is 5.75 Å². The molecule has 2 aromatic carbocycles. The van der Waals surface area contributed by atoms with Crippen molar-refractivity contribution in [2.45, 2.75) is 0 Å². The van der Waals surface area contributed by atoms with Gasteiger partial charge in [0.2, 0.25) is 0 Å². The Labute approximate surface area is 138 Å². The first-order chi connectivity index (χ1) is 11.6. The molecule has 0 unspecified atom stereocenters. The molecule has 0 saturated carbocycles. The second-order valence-electron chi connectivity index (χ2n) is 5.08. The van der Waals surface area contributed by atoms with Crippen LogP contribution in [-0.2, 0) is 0 Å². The minimum Gasteiger partial charge on any atom is -0.497 e. The topological polar surface area (TPSA) is 76.7 Å². The van der Waals surface area contributed by atoms with Crippen LogP contribution < -0.4 is 4.74 Å². The molecule has 0 saturated heterocycles. The summed E-state index contributed by atoms with van der Waals surface area (Å²) >= 11 is 0. The fourth-order valence-electron chi connectivity index (χ4n) is 2.43. The molecule has 5 nitrogen and oxygen atoms in total. The number of hydrogen-bond acceptors (Lipinski definition) is 4. The fraction of sp³-hybridized carbons (Fsp3) is 0.0526. The molecule has 3 aromatic rings. The Kier molecular flexibility index (Phi) is 4.16. The van der Waals surface area contributed by atoms with Gasteiger partial charge in [0.25, 0.3) is 0 Å². The number of carboxylic acids is 1. The van der Waals surface area contributed by atoms with Crippen LogP contribution in [0.2, 0.25) is 0 Å². The monoisotopic (exact) mass is 322 g/mol. The summed E-state index contributed by atoms with van der Waals surface area (Å²) in [6.07, 6.45) is 1.10. The Balaban J connectivity index is 2.12. The van der Waals surface area contributed by atoms with Crippen LogP contribution in [0.3, 0.4) is 0 Å². The summed E-state index contributed by atoms with van der Waals surface area (Å²) in [7, 11) is 1.53. The van der Waals surface area contributed by atoms with E-state index in [2.05, 4.69) is 0 Å². The van der Waals surface area contributed by atoms with E-state index in [1.165, 1.54) is 7.11 Å². The van der Waals surface area contributed by atoms with E-state index >= 15 is 0 Å². The van der Waals surface area contributed by atoms with Crippen LogP contribution in [0, 0.1) is 0 Å². The van der Waals surface area contributed by atoms with E-state index in [-0.39, 0.29) is 16.9 Å². The van der Waals surface area contributed by atoms with Gasteiger partial charge < -0.3 is 14.3 Å². The zero-order valence-corrected chi connectivity index (χ0v) is 12.9. The molecular formula is C19H14O5. The third-order valence-corrected chi connectivity index (χ3v) is 3.64. The highest BCUT2D eigenvalue weighted by Gasteiger charge is 2.26. The number of carbonyl (C=O) groups is 2. The van der Waals surface area contributed by atoms with Gasteiger partial charge in [-0.3, -0.25) is 4.79 Å². The smallest absolute Gasteiger partial charge is 0.339 e. The van der Waals surface area contributed by atoms with Gasteiger partial charge in [0, 0.05) is 11.1 Å². The second kappa shape index (κ2) is 6.42. The fourth-order valence-corrected chi connectivity index (χ4v) is 2.43. The van der Waals surface area contributed by atoms with Crippen LogP contribution in [0.4, 0.5) is 0 Å². The predicted octanol–water partition coefficient (Wildman–Crippen LogP) is 3.88. The highest BCUT2D eigenvalue weighted by atomic mass is 16.5. The molecule has 24 heavy (non-hydrogen) atoms. The van der Waals surface area contributed by atoms with Gasteiger partial charge in [0.05, 0.1) is 12.7 Å². The Hall–Kier alpha value is -3.34. The first kappa shape index (κ1) is 15.6. The minimum absolute atomic E-state index is 0.0406. The summed E-state index contributed by atoms with van der Waals surface area (Å²) in [5.41, 5.74) is 0.882. The van der Waals surface area contributed by atoms with E-state index in [0.717, 1.165) is 6.26 Å². The third kappa shape index (κ3) is 2.79. The number of hydrogen-bond donors (Lipinski definition) is 1. The lowest BCUT2D eigenvalue weighted by molar-refractivity contribution is 0.0692. The van der Waals surface area contributed by atoms with Crippen molar-refractivity contribution in [3.05, 3.63) is 77.6 Å². The molecule has 1 heterocycles. The minimum atomic E-state index is -1.21. The lowest BCUT2D eigenvalue weighted by atomic mass is 9.97. The Morgan fingerprint density at radius 2 is 1.67 bits per heavy atom. The molecule has 0 amide bonds. The average Bonchev–Trinajstić information content (AvgIpc) is 3.07. The van der Waals surface area contributed by atoms with E-state index < -0.39 is 11.8 Å². The number of benzene rings is 2. The van der Waals surface area contributed by atoms with Crippen LogP contribution in [-0.4, -0.2) is 24.0 Å². The van der Waals surface area contributed by atoms with Crippen molar-refractivity contribution in [1.29, 1.82) is 0 Å². The lowest BCUT2D eigenvalue weighted by Crippen LogP contribution is -2.08. The normalized spacial score (nSPS) is 10.4. The maximum Gasteiger partial charge on any atom is 0.339 e. The molecule has 1 aromatic heterocycles. The summed E-state index contributed by atoms with van der Waals surface area (Å²) in [4.78, 5) is 24.3. The summed E-state index contributed by atoms with van der Waals surface area (Å²) < 4.78 is 10.5. The van der Waals surface area contributed by atoms with Gasteiger partial charge in [-0.05, 0) is 24.3 Å². The zero-order valence-electron chi connectivity index (χ0n) is 12.9. The van der Waals surface area contributed by atoms with Crippen molar-refractivity contribution >= 4 is 11.8 Å². The van der Waals surface area contributed by atoms with Gasteiger partial charge >= 0.3 is 5.97 Å². The molecule has 0 aliphatic carbocycles. The number of ketones is 1. The quantitative estimate of drug-likeness (QED) is 0.721. The lowest BCUT2D eigenvalue weighted by Gasteiger charge is -2.05. The average molecular weight is 322 g/mol. The van der Waals surface area contributed by atoms with E-state index in [1.54, 1.807) is 48.5 Å². The first-order valence-electron chi connectivity index (χ1n) is 7.20. The largest absolute Gasteiger partial charge is 0.497 e. The van der Waals surface area contributed by atoms with Crippen LogP contribution in [0.15, 0.2) is 65.3 Å². The molecule has 0 atom stereocenters. The molecule has 0 bridgehead atoms. The van der Waals surface area contributed by atoms with Crippen LogP contribution >= 0.6 is 0 Å².